The van der Waals surface area contributed by atoms with Crippen molar-refractivity contribution in [3.63, 3.8) is 0 Å². The van der Waals surface area contributed by atoms with Gasteiger partial charge in [0.2, 0.25) is 0 Å². The Morgan fingerprint density at radius 2 is 1.18 bits per heavy atom. The standard InChI is InChI=1S/C48H50OSi/c1-8-27-49-47-41-20-12-11-15-34(41)23-26-46(47)50(6,7)48-44-30-39(37-18-13-16-35(28-37)32(4)9-2)21-24-42(44)43-25-22-40(31-45(43)48)38-19-14-17-36(29-38)33(5)10-3/h8,11-26,28-33,48H,1,9-10,27H2,2-7H3. The average Bonchev–Trinajstić information content (AvgIpc) is 3.50. The predicted molar refractivity (Wildman–Crippen MR) is 219 cm³/mol. The molecule has 50 heavy (non-hydrogen) atoms. The summed E-state index contributed by atoms with van der Waals surface area (Å²) in [5.74, 6) is 2.09. The largest absolute Gasteiger partial charge is 0.489 e. The number of benzene rings is 6. The topological polar surface area (TPSA) is 9.23 Å². The summed E-state index contributed by atoms with van der Waals surface area (Å²) in [5.41, 5.74) is 13.8. The summed E-state index contributed by atoms with van der Waals surface area (Å²) < 4.78 is 6.62. The number of hydrogen-bond acceptors (Lipinski definition) is 1. The van der Waals surface area contributed by atoms with E-state index < -0.39 is 8.07 Å². The van der Waals surface area contributed by atoms with Crippen molar-refractivity contribution in [3.8, 4) is 39.1 Å². The smallest absolute Gasteiger partial charge is 0.126 e. The zero-order valence-electron chi connectivity index (χ0n) is 30.6. The van der Waals surface area contributed by atoms with Crippen LogP contribution < -0.4 is 9.92 Å². The maximum absolute atomic E-state index is 6.62. The van der Waals surface area contributed by atoms with Crippen LogP contribution in [0.25, 0.3) is 44.2 Å². The second-order valence-electron chi connectivity index (χ2n) is 14.9. The molecule has 0 N–H and O–H groups in total. The molecule has 0 aliphatic heterocycles. The monoisotopic (exact) mass is 670 g/mol. The van der Waals surface area contributed by atoms with Crippen molar-refractivity contribution in [1.82, 2.24) is 0 Å². The first-order valence-corrected chi connectivity index (χ1v) is 21.6. The first kappa shape index (κ1) is 33.8. The van der Waals surface area contributed by atoms with E-state index in [1.165, 1.54) is 71.6 Å². The fraction of sp³-hybridized carbons (Fsp3) is 0.250. The first-order chi connectivity index (χ1) is 24.2. The van der Waals surface area contributed by atoms with E-state index in [0.29, 0.717) is 18.4 Å². The molecule has 0 fully saturated rings. The Morgan fingerprint density at radius 3 is 1.72 bits per heavy atom. The quantitative estimate of drug-likeness (QED) is 0.0984. The summed E-state index contributed by atoms with van der Waals surface area (Å²) in [6.07, 6.45) is 4.13. The van der Waals surface area contributed by atoms with Crippen LogP contribution in [0.15, 0.2) is 134 Å². The third-order valence-corrected chi connectivity index (χ3v) is 15.3. The molecule has 1 aliphatic carbocycles. The third-order valence-electron chi connectivity index (χ3n) is 11.5. The fourth-order valence-electron chi connectivity index (χ4n) is 8.12. The van der Waals surface area contributed by atoms with E-state index in [2.05, 4.69) is 169 Å². The molecule has 0 aromatic heterocycles. The van der Waals surface area contributed by atoms with Crippen LogP contribution in [0.5, 0.6) is 5.75 Å². The zero-order valence-corrected chi connectivity index (χ0v) is 31.6. The number of hydrogen-bond donors (Lipinski definition) is 0. The third kappa shape index (κ3) is 6.05. The first-order valence-electron chi connectivity index (χ1n) is 18.5. The summed E-state index contributed by atoms with van der Waals surface area (Å²) >= 11 is 0. The van der Waals surface area contributed by atoms with Crippen LogP contribution in [0.4, 0.5) is 0 Å². The Kier molecular flexibility index (Phi) is 9.42. The average molecular weight is 671 g/mol. The van der Waals surface area contributed by atoms with Gasteiger partial charge in [0.15, 0.2) is 0 Å². The highest BCUT2D eigenvalue weighted by Gasteiger charge is 2.44. The fourth-order valence-corrected chi connectivity index (χ4v) is 11.8. The van der Waals surface area contributed by atoms with Crippen molar-refractivity contribution in [2.24, 2.45) is 0 Å². The molecule has 0 amide bonds. The van der Waals surface area contributed by atoms with E-state index in [4.69, 9.17) is 4.74 Å². The summed E-state index contributed by atoms with van der Waals surface area (Å²) in [6, 6.07) is 46.2. The van der Waals surface area contributed by atoms with Crippen LogP contribution >= 0.6 is 0 Å². The summed E-state index contributed by atoms with van der Waals surface area (Å²) in [4.78, 5) is 0. The van der Waals surface area contributed by atoms with Crippen molar-refractivity contribution in [2.45, 2.75) is 71.0 Å². The minimum Gasteiger partial charge on any atom is -0.489 e. The molecule has 0 spiro atoms. The van der Waals surface area contributed by atoms with E-state index in [1.54, 1.807) is 0 Å². The molecule has 6 aromatic rings. The van der Waals surface area contributed by atoms with Gasteiger partial charge >= 0.3 is 0 Å². The maximum Gasteiger partial charge on any atom is 0.126 e. The van der Waals surface area contributed by atoms with Crippen LogP contribution in [0.3, 0.4) is 0 Å². The van der Waals surface area contributed by atoms with E-state index >= 15 is 0 Å². The minimum atomic E-state index is -2.34. The number of rotatable bonds is 11. The molecule has 252 valence electrons. The molecule has 0 heterocycles. The Bertz CT molecular complexity index is 2090. The molecule has 1 nitrogen and oxygen atoms in total. The molecule has 0 bridgehead atoms. The molecule has 7 rings (SSSR count). The minimum absolute atomic E-state index is 0.245. The summed E-state index contributed by atoms with van der Waals surface area (Å²) in [6.45, 7) is 18.8. The van der Waals surface area contributed by atoms with Crippen molar-refractivity contribution >= 4 is 24.0 Å². The highest BCUT2D eigenvalue weighted by Crippen LogP contribution is 2.51. The van der Waals surface area contributed by atoms with E-state index in [-0.39, 0.29) is 5.54 Å². The van der Waals surface area contributed by atoms with E-state index in [0.717, 1.165) is 18.6 Å². The van der Waals surface area contributed by atoms with Crippen molar-refractivity contribution in [2.75, 3.05) is 6.61 Å². The Hall–Kier alpha value is -4.66. The Morgan fingerprint density at radius 1 is 0.640 bits per heavy atom. The SMILES string of the molecule is C=CCOc1c([Si](C)(C)C2c3cc(-c4cccc(C(C)CC)c4)ccc3-c3ccc(-c4cccc(C(C)CC)c4)cc32)ccc2ccccc12. The molecule has 6 aromatic carbocycles. The van der Waals surface area contributed by atoms with Gasteiger partial charge < -0.3 is 4.74 Å². The van der Waals surface area contributed by atoms with Crippen molar-refractivity contribution < 1.29 is 4.74 Å². The van der Waals surface area contributed by atoms with Crippen LogP contribution in [0, 0.1) is 0 Å². The van der Waals surface area contributed by atoms with Gasteiger partial charge in [-0.1, -0.05) is 175 Å². The molecular weight excluding hydrogens is 621 g/mol. The van der Waals surface area contributed by atoms with Crippen molar-refractivity contribution in [1.29, 1.82) is 0 Å². The number of fused-ring (bicyclic) bond motifs is 4. The van der Waals surface area contributed by atoms with Gasteiger partial charge in [-0.2, -0.15) is 0 Å². The molecule has 2 atom stereocenters. The summed E-state index contributed by atoms with van der Waals surface area (Å²) in [7, 11) is -2.34. The van der Waals surface area contributed by atoms with Gasteiger partial charge in [-0.25, -0.2) is 0 Å². The predicted octanol–water partition coefficient (Wildman–Crippen LogP) is 13.0. The van der Waals surface area contributed by atoms with Crippen molar-refractivity contribution in [3.05, 3.63) is 156 Å². The molecule has 2 unspecified atom stereocenters. The molecule has 0 saturated carbocycles. The van der Waals surface area contributed by atoms with Gasteiger partial charge in [-0.3, -0.25) is 0 Å². The van der Waals surface area contributed by atoms with Crippen LogP contribution in [0.2, 0.25) is 13.1 Å². The lowest BCUT2D eigenvalue weighted by Crippen LogP contribution is -2.48. The van der Waals surface area contributed by atoms with E-state index in [9.17, 15) is 0 Å². The lowest BCUT2D eigenvalue weighted by Gasteiger charge is -2.34. The molecule has 1 aliphatic rings. The molecule has 2 heteroatoms. The van der Waals surface area contributed by atoms with Gasteiger partial charge in [0, 0.05) is 10.9 Å². The molecule has 0 radical (unpaired) electrons. The maximum atomic E-state index is 6.62. The molecular formula is C48H50OSi. The number of ether oxygens (including phenoxy) is 1. The lowest BCUT2D eigenvalue weighted by atomic mass is 9.93. The summed E-state index contributed by atoms with van der Waals surface area (Å²) in [5, 5.41) is 3.74. The van der Waals surface area contributed by atoms with Gasteiger partial charge in [0.25, 0.3) is 0 Å². The second kappa shape index (κ2) is 13.9. The second-order valence-corrected chi connectivity index (χ2v) is 19.5. The molecule has 0 saturated heterocycles. The van der Waals surface area contributed by atoms with Crippen LogP contribution in [-0.2, 0) is 0 Å². The van der Waals surface area contributed by atoms with E-state index in [1.807, 2.05) is 6.08 Å². The van der Waals surface area contributed by atoms with Gasteiger partial charge in [0.1, 0.15) is 12.4 Å². The normalized spacial score (nSPS) is 15.0. The van der Waals surface area contributed by atoms with Crippen LogP contribution in [0.1, 0.15) is 80.2 Å². The highest BCUT2D eigenvalue weighted by molar-refractivity contribution is 6.92. The van der Waals surface area contributed by atoms with Gasteiger partial charge in [-0.05, 0) is 90.9 Å². The zero-order chi connectivity index (χ0) is 35.0. The Labute approximate surface area is 300 Å². The van der Waals surface area contributed by atoms with Crippen LogP contribution in [-0.4, -0.2) is 14.7 Å². The highest BCUT2D eigenvalue weighted by atomic mass is 28.3. The Balaban J connectivity index is 1.43. The van der Waals surface area contributed by atoms with Gasteiger partial charge in [0.05, 0.1) is 8.07 Å². The van der Waals surface area contributed by atoms with Gasteiger partial charge in [-0.15, -0.1) is 0 Å². The lowest BCUT2D eigenvalue weighted by molar-refractivity contribution is 0.370.